The number of benzene rings is 1. The van der Waals surface area contributed by atoms with Crippen LogP contribution in [0, 0.1) is 18.8 Å². The molecule has 0 spiro atoms. The third-order valence-corrected chi connectivity index (χ3v) is 6.34. The number of hydrogen-bond donors (Lipinski definition) is 0. The Hall–Kier alpha value is -3.55. The summed E-state index contributed by atoms with van der Waals surface area (Å²) < 4.78 is 6.97. The lowest BCUT2D eigenvalue weighted by molar-refractivity contribution is 0.363. The molecule has 4 heterocycles. The minimum absolute atomic E-state index is 0.146. The van der Waals surface area contributed by atoms with E-state index in [0.717, 1.165) is 24.5 Å². The largest absolute Gasteiger partial charge is 0.371 e. The normalized spacial score (nSPS) is 22.4. The number of aromatic nitrogens is 5. The van der Waals surface area contributed by atoms with Crippen LogP contribution in [0.15, 0.2) is 58.2 Å². The van der Waals surface area contributed by atoms with Gasteiger partial charge in [-0.15, -0.1) is 0 Å². The maximum atomic E-state index is 12.8. The quantitative estimate of drug-likeness (QED) is 0.519. The van der Waals surface area contributed by atoms with E-state index in [4.69, 9.17) is 4.52 Å². The van der Waals surface area contributed by atoms with Gasteiger partial charge < -0.3 is 9.42 Å². The van der Waals surface area contributed by atoms with E-state index in [1.54, 1.807) is 6.20 Å². The van der Waals surface area contributed by atoms with Crippen molar-refractivity contribution in [1.29, 1.82) is 0 Å². The Morgan fingerprint density at radius 3 is 2.70 bits per heavy atom. The standard InChI is InChI=1S/C22H20N6O2/c1-13-7-8-23-20-18(13)22(29)28(12-24-20)11-17-25-21(26-30-17)19-15-9-27(10-16(15)19)14-5-3-2-4-6-14/h2-8,12,15-16,19H,9-11H2,1H3/t15-,16+,19?. The summed E-state index contributed by atoms with van der Waals surface area (Å²) in [6, 6.07) is 12.3. The summed E-state index contributed by atoms with van der Waals surface area (Å²) >= 11 is 0. The highest BCUT2D eigenvalue weighted by Gasteiger charge is 2.58. The summed E-state index contributed by atoms with van der Waals surface area (Å²) in [4.78, 5) is 28.3. The third-order valence-electron chi connectivity index (χ3n) is 6.34. The lowest BCUT2D eigenvalue weighted by atomic mass is 10.2. The SMILES string of the molecule is Cc1ccnc2ncn(Cc3nc(C4[C@H]5CN(c6ccccc6)C[C@@H]45)no3)c(=O)c12. The first-order chi connectivity index (χ1) is 14.7. The van der Waals surface area contributed by atoms with E-state index in [9.17, 15) is 4.79 Å². The van der Waals surface area contributed by atoms with Crippen molar-refractivity contribution in [2.24, 2.45) is 11.8 Å². The zero-order valence-electron chi connectivity index (χ0n) is 16.5. The summed E-state index contributed by atoms with van der Waals surface area (Å²) in [5.74, 6) is 2.66. The van der Waals surface area contributed by atoms with Crippen LogP contribution in [0.25, 0.3) is 11.0 Å². The molecule has 150 valence electrons. The molecular formula is C22H20N6O2. The van der Waals surface area contributed by atoms with Crippen LogP contribution in [0.1, 0.15) is 23.2 Å². The van der Waals surface area contributed by atoms with E-state index >= 15 is 0 Å². The molecule has 0 amide bonds. The second-order valence-electron chi connectivity index (χ2n) is 8.14. The Morgan fingerprint density at radius 2 is 1.90 bits per heavy atom. The molecule has 1 aromatic carbocycles. The number of anilines is 1. The fraction of sp³-hybridized carbons (Fsp3) is 0.318. The molecule has 8 nitrogen and oxygen atoms in total. The first-order valence-corrected chi connectivity index (χ1v) is 10.1. The van der Waals surface area contributed by atoms with Crippen LogP contribution in [0.2, 0.25) is 0 Å². The van der Waals surface area contributed by atoms with Gasteiger partial charge in [0.25, 0.3) is 5.56 Å². The van der Waals surface area contributed by atoms with Gasteiger partial charge in [0.15, 0.2) is 11.5 Å². The Kier molecular flexibility index (Phi) is 3.74. The van der Waals surface area contributed by atoms with Gasteiger partial charge in [0, 0.05) is 30.9 Å². The maximum Gasteiger partial charge on any atom is 0.263 e. The minimum atomic E-state index is -0.146. The van der Waals surface area contributed by atoms with E-state index < -0.39 is 0 Å². The topological polar surface area (TPSA) is 89.9 Å². The number of piperidine rings is 1. The molecular weight excluding hydrogens is 380 g/mol. The van der Waals surface area contributed by atoms with Crippen LogP contribution in [0.4, 0.5) is 5.69 Å². The molecule has 1 saturated carbocycles. The van der Waals surface area contributed by atoms with Gasteiger partial charge in [-0.25, -0.2) is 9.97 Å². The molecule has 0 N–H and O–H groups in total. The lowest BCUT2D eigenvalue weighted by Crippen LogP contribution is -2.23. The average molecular weight is 400 g/mol. The number of rotatable bonds is 4. The first kappa shape index (κ1) is 17.3. The first-order valence-electron chi connectivity index (χ1n) is 10.1. The van der Waals surface area contributed by atoms with E-state index in [-0.39, 0.29) is 12.1 Å². The molecule has 0 bridgehead atoms. The highest BCUT2D eigenvalue weighted by Crippen LogP contribution is 2.57. The van der Waals surface area contributed by atoms with Crippen molar-refractivity contribution in [2.75, 3.05) is 18.0 Å². The minimum Gasteiger partial charge on any atom is -0.371 e. The van der Waals surface area contributed by atoms with Gasteiger partial charge in [0.1, 0.15) is 12.9 Å². The molecule has 2 aliphatic rings. The smallest absolute Gasteiger partial charge is 0.263 e. The van der Waals surface area contributed by atoms with E-state index in [2.05, 4.69) is 49.3 Å². The summed E-state index contributed by atoms with van der Waals surface area (Å²) in [6.45, 7) is 4.13. The van der Waals surface area contributed by atoms with Gasteiger partial charge in [-0.1, -0.05) is 23.4 Å². The molecule has 6 rings (SSSR count). The highest BCUT2D eigenvalue weighted by atomic mass is 16.5. The predicted molar refractivity (Wildman–Crippen MR) is 110 cm³/mol. The van der Waals surface area contributed by atoms with Crippen LogP contribution < -0.4 is 10.5 Å². The predicted octanol–water partition coefficient (Wildman–Crippen LogP) is 2.38. The average Bonchev–Trinajstić information content (AvgIpc) is 3.10. The van der Waals surface area contributed by atoms with Gasteiger partial charge in [-0.05, 0) is 42.5 Å². The van der Waals surface area contributed by atoms with Gasteiger partial charge in [-0.3, -0.25) is 9.36 Å². The van der Waals surface area contributed by atoms with Crippen molar-refractivity contribution in [1.82, 2.24) is 24.7 Å². The van der Waals surface area contributed by atoms with Crippen LogP contribution in [0.3, 0.4) is 0 Å². The molecule has 30 heavy (non-hydrogen) atoms. The molecule has 3 atom stereocenters. The monoisotopic (exact) mass is 400 g/mol. The molecule has 1 aliphatic heterocycles. The van der Waals surface area contributed by atoms with Crippen molar-refractivity contribution in [3.63, 3.8) is 0 Å². The van der Waals surface area contributed by atoms with Crippen LogP contribution in [-0.2, 0) is 6.54 Å². The van der Waals surface area contributed by atoms with E-state index in [0.29, 0.717) is 34.7 Å². The zero-order valence-corrected chi connectivity index (χ0v) is 16.5. The highest BCUT2D eigenvalue weighted by molar-refractivity contribution is 5.76. The van der Waals surface area contributed by atoms with E-state index in [1.807, 2.05) is 19.1 Å². The summed E-state index contributed by atoms with van der Waals surface area (Å²) in [6.07, 6.45) is 3.15. The summed E-state index contributed by atoms with van der Waals surface area (Å²) in [5.41, 5.74) is 2.43. The fourth-order valence-corrected chi connectivity index (χ4v) is 4.71. The number of hydrogen-bond acceptors (Lipinski definition) is 7. The molecule has 1 aliphatic carbocycles. The Bertz CT molecular complexity index is 1290. The summed E-state index contributed by atoms with van der Waals surface area (Å²) in [7, 11) is 0. The summed E-state index contributed by atoms with van der Waals surface area (Å²) in [5, 5.41) is 4.74. The van der Waals surface area contributed by atoms with Gasteiger partial charge >= 0.3 is 0 Å². The van der Waals surface area contributed by atoms with Crippen molar-refractivity contribution in [3.8, 4) is 0 Å². The molecule has 2 fully saturated rings. The Labute approximate surface area is 172 Å². The van der Waals surface area contributed by atoms with Crippen molar-refractivity contribution in [3.05, 3.63) is 76.6 Å². The van der Waals surface area contributed by atoms with E-state index in [1.165, 1.54) is 16.6 Å². The molecule has 3 aromatic heterocycles. The number of pyridine rings is 1. The van der Waals surface area contributed by atoms with Crippen molar-refractivity contribution in [2.45, 2.75) is 19.4 Å². The van der Waals surface area contributed by atoms with Gasteiger partial charge in [0.2, 0.25) is 5.89 Å². The molecule has 1 unspecified atom stereocenters. The number of para-hydroxylation sites is 1. The van der Waals surface area contributed by atoms with Crippen molar-refractivity contribution >= 4 is 16.7 Å². The second-order valence-corrected chi connectivity index (χ2v) is 8.14. The molecule has 1 saturated heterocycles. The number of fused-ring (bicyclic) bond motifs is 2. The van der Waals surface area contributed by atoms with Crippen LogP contribution in [-0.4, -0.2) is 37.8 Å². The lowest BCUT2D eigenvalue weighted by Gasteiger charge is -2.21. The fourth-order valence-electron chi connectivity index (χ4n) is 4.71. The van der Waals surface area contributed by atoms with Crippen molar-refractivity contribution < 1.29 is 4.52 Å². The molecule has 4 aromatic rings. The van der Waals surface area contributed by atoms with Crippen LogP contribution >= 0.6 is 0 Å². The second kappa shape index (κ2) is 6.48. The number of nitrogens with zero attached hydrogens (tertiary/aromatic N) is 6. The number of aryl methyl sites for hydroxylation is 1. The van der Waals surface area contributed by atoms with Gasteiger partial charge in [-0.2, -0.15) is 4.98 Å². The Balaban J connectivity index is 1.19. The third kappa shape index (κ3) is 2.71. The Morgan fingerprint density at radius 1 is 1.10 bits per heavy atom. The molecule has 8 heteroatoms. The zero-order chi connectivity index (χ0) is 20.2. The van der Waals surface area contributed by atoms with Crippen LogP contribution in [0.5, 0.6) is 0 Å². The molecule has 0 radical (unpaired) electrons. The van der Waals surface area contributed by atoms with Gasteiger partial charge in [0.05, 0.1) is 5.39 Å². The maximum absolute atomic E-state index is 12.8.